The number of benzene rings is 1. The van der Waals surface area contributed by atoms with Crippen LogP contribution in [-0.2, 0) is 4.79 Å². The smallest absolute Gasteiger partial charge is 0.276 e. The molecule has 1 heterocycles. The van der Waals surface area contributed by atoms with E-state index < -0.39 is 22.2 Å². The van der Waals surface area contributed by atoms with E-state index in [0.29, 0.717) is 11.3 Å². The van der Waals surface area contributed by atoms with Gasteiger partial charge in [0, 0.05) is 16.2 Å². The fourth-order valence-corrected chi connectivity index (χ4v) is 1.45. The molecule has 8 nitrogen and oxygen atoms in total. The molecule has 0 spiro atoms. The molecule has 0 saturated heterocycles. The molecule has 0 unspecified atom stereocenters. The second-order valence-corrected chi connectivity index (χ2v) is 5.56. The minimum absolute atomic E-state index is 0.103. The van der Waals surface area contributed by atoms with Crippen LogP contribution in [0, 0.1) is 0 Å². The first-order chi connectivity index (χ1) is 13.1. The van der Waals surface area contributed by atoms with Gasteiger partial charge in [-0.25, -0.2) is 18.7 Å². The van der Waals surface area contributed by atoms with Crippen LogP contribution in [0.4, 0.5) is 14.5 Å². The second-order valence-electron chi connectivity index (χ2n) is 4.11. The molecular formula is C14H7Cl4F2N5O3. The van der Waals surface area contributed by atoms with E-state index in [0.717, 1.165) is 0 Å². The van der Waals surface area contributed by atoms with Crippen molar-refractivity contribution in [2.24, 2.45) is 5.11 Å². The van der Waals surface area contributed by atoms with E-state index in [4.69, 9.17) is 45.1 Å². The zero-order valence-electron chi connectivity index (χ0n) is 13.3. The molecule has 2 rings (SSSR count). The summed E-state index contributed by atoms with van der Waals surface area (Å²) in [7, 11) is 0. The molecule has 0 fully saturated rings. The van der Waals surface area contributed by atoms with Crippen molar-refractivity contribution in [3.63, 3.8) is 0 Å². The molecule has 14 heteroatoms. The van der Waals surface area contributed by atoms with Crippen LogP contribution in [0.3, 0.4) is 0 Å². The Kier molecular flexibility index (Phi) is 12.6. The molecule has 0 radical (unpaired) electrons. The number of rotatable bonds is 4. The number of hydrogen-bond donors (Lipinski definition) is 0. The predicted molar refractivity (Wildman–Crippen MR) is 99.5 cm³/mol. The van der Waals surface area contributed by atoms with E-state index in [1.54, 1.807) is 0 Å². The fraction of sp³-hybridized carbons (Fsp3) is 0.0714. The summed E-state index contributed by atoms with van der Waals surface area (Å²) in [6, 6.07) is 6.04. The molecule has 2 aromatic rings. The fourth-order valence-electron chi connectivity index (χ4n) is 1.12. The monoisotopic (exact) mass is 471 g/mol. The molecular weight excluding hydrogens is 466 g/mol. The number of carbonyl (C=O) groups excluding carboxylic acids is 3. The van der Waals surface area contributed by atoms with Crippen molar-refractivity contribution in [3.05, 3.63) is 63.5 Å². The maximum Gasteiger partial charge on any atom is 0.310 e. The van der Waals surface area contributed by atoms with Gasteiger partial charge >= 0.3 is 6.43 Å². The largest absolute Gasteiger partial charge is 0.310 e. The molecule has 0 saturated carbocycles. The lowest BCUT2D eigenvalue weighted by atomic mass is 10.2. The summed E-state index contributed by atoms with van der Waals surface area (Å²) in [6.45, 7) is 0. The Morgan fingerprint density at radius 1 is 1.00 bits per heavy atom. The Labute approximate surface area is 176 Å². The number of aromatic nitrogens is 2. The van der Waals surface area contributed by atoms with Crippen LogP contribution in [0.25, 0.3) is 10.4 Å². The third kappa shape index (κ3) is 11.4. The molecule has 0 aliphatic carbocycles. The third-order valence-electron chi connectivity index (χ3n) is 2.25. The average Bonchev–Trinajstić information content (AvgIpc) is 2.64. The Balaban J connectivity index is 0.000000414. The summed E-state index contributed by atoms with van der Waals surface area (Å²) in [5, 5.41) is 0.809. The first-order valence-corrected chi connectivity index (χ1v) is 8.09. The van der Waals surface area contributed by atoms with E-state index in [-0.39, 0.29) is 10.8 Å². The zero-order chi connectivity index (χ0) is 21.7. The van der Waals surface area contributed by atoms with Crippen LogP contribution < -0.4 is 0 Å². The Bertz CT molecular complexity index is 839. The summed E-state index contributed by atoms with van der Waals surface area (Å²) in [5.41, 5.74) is 9.01. The van der Waals surface area contributed by atoms with Crippen molar-refractivity contribution < 1.29 is 23.2 Å². The van der Waals surface area contributed by atoms with Gasteiger partial charge in [-0.15, -0.1) is 0 Å². The lowest BCUT2D eigenvalue weighted by Crippen LogP contribution is -1.98. The SMILES string of the molecule is O=C(Cl)C(F)F.O=C(Cl)c1cnc(Cl)cn1.[N-]=[N+]=Nc1ccc(C(=O)Cl)cc1. The zero-order valence-corrected chi connectivity index (χ0v) is 16.3. The highest BCUT2D eigenvalue weighted by atomic mass is 35.5. The lowest BCUT2D eigenvalue weighted by Gasteiger charge is -1.92. The van der Waals surface area contributed by atoms with Crippen molar-refractivity contribution in [1.82, 2.24) is 9.97 Å². The summed E-state index contributed by atoms with van der Waals surface area (Å²) >= 11 is 19.9. The topological polar surface area (TPSA) is 126 Å². The van der Waals surface area contributed by atoms with E-state index in [1.807, 2.05) is 0 Å². The highest BCUT2D eigenvalue weighted by Gasteiger charge is 2.09. The highest BCUT2D eigenvalue weighted by molar-refractivity contribution is 6.68. The van der Waals surface area contributed by atoms with E-state index in [1.165, 1.54) is 36.7 Å². The third-order valence-corrected chi connectivity index (χ3v) is 3.02. The number of hydrogen-bond acceptors (Lipinski definition) is 6. The maximum atomic E-state index is 10.7. The van der Waals surface area contributed by atoms with Gasteiger partial charge in [0.25, 0.3) is 15.7 Å². The van der Waals surface area contributed by atoms with Crippen molar-refractivity contribution in [1.29, 1.82) is 0 Å². The van der Waals surface area contributed by atoms with Gasteiger partial charge in [0.15, 0.2) is 0 Å². The van der Waals surface area contributed by atoms with E-state index in [2.05, 4.69) is 31.6 Å². The number of halogens is 6. The molecule has 0 aliphatic rings. The van der Waals surface area contributed by atoms with Gasteiger partial charge in [-0.1, -0.05) is 28.8 Å². The summed E-state index contributed by atoms with van der Waals surface area (Å²) < 4.78 is 21.4. The van der Waals surface area contributed by atoms with Crippen molar-refractivity contribution in [3.8, 4) is 0 Å². The first kappa shape index (κ1) is 25.6. The normalized spacial score (nSPS) is 9.11. The molecule has 148 valence electrons. The summed E-state index contributed by atoms with van der Waals surface area (Å²) in [4.78, 5) is 39.9. The van der Waals surface area contributed by atoms with Crippen LogP contribution in [0.1, 0.15) is 20.8 Å². The first-order valence-electron chi connectivity index (χ1n) is 6.58. The average molecular weight is 473 g/mol. The van der Waals surface area contributed by atoms with Crippen molar-refractivity contribution in [2.45, 2.75) is 6.43 Å². The summed E-state index contributed by atoms with van der Waals surface area (Å²) in [6.07, 6.45) is -0.541. The molecule has 0 amide bonds. The van der Waals surface area contributed by atoms with Gasteiger partial charge in [0.1, 0.15) is 10.8 Å². The standard InChI is InChI=1S/C7H4ClN3O.C5H2Cl2N2O.C2HClF2O/c8-7(12)5-1-3-6(4-2-5)10-11-9;6-4-2-8-3(1-9-4)5(7)10;3-1(6)2(4)5/h1-4H;1-2H;2H. The van der Waals surface area contributed by atoms with Crippen LogP contribution in [0.15, 0.2) is 41.8 Å². The number of alkyl halides is 2. The van der Waals surface area contributed by atoms with Gasteiger partial charge in [0.2, 0.25) is 0 Å². The van der Waals surface area contributed by atoms with Crippen LogP contribution in [-0.4, -0.2) is 32.1 Å². The second kappa shape index (κ2) is 13.8. The van der Waals surface area contributed by atoms with Crippen LogP contribution in [0.2, 0.25) is 5.15 Å². The summed E-state index contributed by atoms with van der Waals surface area (Å²) in [5.74, 6) is 0. The molecule has 0 bridgehead atoms. The quantitative estimate of drug-likeness (QED) is 0.250. The highest BCUT2D eigenvalue weighted by Crippen LogP contribution is 2.14. The Hall–Kier alpha value is -2.36. The van der Waals surface area contributed by atoms with Gasteiger partial charge < -0.3 is 0 Å². The Morgan fingerprint density at radius 2 is 1.54 bits per heavy atom. The Morgan fingerprint density at radius 3 is 1.86 bits per heavy atom. The number of nitrogens with zero attached hydrogens (tertiary/aromatic N) is 5. The van der Waals surface area contributed by atoms with E-state index >= 15 is 0 Å². The van der Waals surface area contributed by atoms with Crippen molar-refractivity contribution in [2.75, 3.05) is 0 Å². The van der Waals surface area contributed by atoms with Crippen LogP contribution >= 0.6 is 46.4 Å². The number of carbonyl (C=O) groups is 3. The number of azide groups is 1. The van der Waals surface area contributed by atoms with Crippen LogP contribution in [0.5, 0.6) is 0 Å². The molecule has 0 aliphatic heterocycles. The van der Waals surface area contributed by atoms with Gasteiger partial charge in [-0.3, -0.25) is 14.4 Å². The predicted octanol–water partition coefficient (Wildman–Crippen LogP) is 5.53. The van der Waals surface area contributed by atoms with Gasteiger partial charge in [-0.05, 0) is 52.5 Å². The minimum atomic E-state index is -3.02. The molecule has 1 aromatic carbocycles. The maximum absolute atomic E-state index is 10.7. The lowest BCUT2D eigenvalue weighted by molar-refractivity contribution is -0.121. The molecule has 0 atom stereocenters. The van der Waals surface area contributed by atoms with Gasteiger partial charge in [0.05, 0.1) is 12.4 Å². The van der Waals surface area contributed by atoms with E-state index in [9.17, 15) is 18.4 Å². The molecule has 1 aromatic heterocycles. The van der Waals surface area contributed by atoms with Gasteiger partial charge in [-0.2, -0.15) is 0 Å². The minimum Gasteiger partial charge on any atom is -0.276 e. The molecule has 28 heavy (non-hydrogen) atoms. The molecule has 0 N–H and O–H groups in total. The van der Waals surface area contributed by atoms with Crippen molar-refractivity contribution >= 4 is 67.8 Å².